The van der Waals surface area contributed by atoms with Gasteiger partial charge in [-0.25, -0.2) is 4.39 Å². The molecule has 0 bridgehead atoms. The summed E-state index contributed by atoms with van der Waals surface area (Å²) in [7, 11) is 0. The number of hydrogen-bond donors (Lipinski definition) is 2. The molecule has 1 unspecified atom stereocenters. The molecule has 1 saturated heterocycles. The van der Waals surface area contributed by atoms with E-state index in [9.17, 15) is 14.0 Å². The van der Waals surface area contributed by atoms with E-state index in [-0.39, 0.29) is 18.1 Å². The van der Waals surface area contributed by atoms with Crippen molar-refractivity contribution in [3.8, 4) is 0 Å². The first kappa shape index (κ1) is 13.5. The van der Waals surface area contributed by atoms with Crippen molar-refractivity contribution >= 4 is 17.5 Å². The molecule has 1 fully saturated rings. The van der Waals surface area contributed by atoms with Crippen molar-refractivity contribution < 1.29 is 14.0 Å². The summed E-state index contributed by atoms with van der Waals surface area (Å²) in [5, 5.41) is 2.49. The summed E-state index contributed by atoms with van der Waals surface area (Å²) in [5.74, 6) is -1.25. The first-order chi connectivity index (χ1) is 9.08. The molecule has 3 N–H and O–H groups in total. The Hall–Kier alpha value is -1.95. The Kier molecular flexibility index (Phi) is 4.11. The van der Waals surface area contributed by atoms with Crippen LogP contribution in [0, 0.1) is 5.82 Å². The Morgan fingerprint density at radius 2 is 2.16 bits per heavy atom. The lowest BCUT2D eigenvalue weighted by Gasteiger charge is -2.21. The molecule has 2 rings (SSSR count). The molecule has 1 aliphatic heterocycles. The van der Waals surface area contributed by atoms with Crippen molar-refractivity contribution in [2.45, 2.75) is 18.9 Å². The van der Waals surface area contributed by atoms with E-state index in [0.717, 1.165) is 6.42 Å². The smallest absolute Gasteiger partial charge is 0.238 e. The largest absolute Gasteiger partial charge is 0.368 e. The van der Waals surface area contributed by atoms with Gasteiger partial charge in [-0.1, -0.05) is 12.1 Å². The quantitative estimate of drug-likeness (QED) is 0.842. The van der Waals surface area contributed by atoms with Gasteiger partial charge >= 0.3 is 0 Å². The minimum Gasteiger partial charge on any atom is -0.368 e. The number of carbonyl (C=O) groups is 2. The van der Waals surface area contributed by atoms with Crippen molar-refractivity contribution in [3.63, 3.8) is 0 Å². The number of anilines is 1. The molecule has 1 aliphatic rings. The second-order valence-electron chi connectivity index (χ2n) is 4.56. The van der Waals surface area contributed by atoms with Gasteiger partial charge in [-0.15, -0.1) is 0 Å². The Morgan fingerprint density at radius 1 is 1.42 bits per heavy atom. The van der Waals surface area contributed by atoms with Crippen molar-refractivity contribution in [1.82, 2.24) is 4.90 Å². The molecule has 0 aromatic heterocycles. The summed E-state index contributed by atoms with van der Waals surface area (Å²) in [5.41, 5.74) is 5.41. The number of primary amides is 1. The van der Waals surface area contributed by atoms with E-state index >= 15 is 0 Å². The number of halogens is 1. The van der Waals surface area contributed by atoms with E-state index in [2.05, 4.69) is 5.32 Å². The first-order valence-electron chi connectivity index (χ1n) is 6.15. The fourth-order valence-electron chi connectivity index (χ4n) is 2.27. The van der Waals surface area contributed by atoms with Crippen molar-refractivity contribution in [1.29, 1.82) is 0 Å². The van der Waals surface area contributed by atoms with Gasteiger partial charge in [-0.05, 0) is 31.5 Å². The number of amides is 2. The summed E-state index contributed by atoms with van der Waals surface area (Å²) >= 11 is 0. The minimum absolute atomic E-state index is 0.0436. The average molecular weight is 265 g/mol. The Morgan fingerprint density at radius 3 is 2.84 bits per heavy atom. The van der Waals surface area contributed by atoms with E-state index in [1.807, 2.05) is 0 Å². The molecule has 0 radical (unpaired) electrons. The second kappa shape index (κ2) is 5.79. The van der Waals surface area contributed by atoms with Gasteiger partial charge in [0, 0.05) is 0 Å². The van der Waals surface area contributed by atoms with E-state index in [1.54, 1.807) is 17.0 Å². The number of para-hydroxylation sites is 1. The highest BCUT2D eigenvalue weighted by atomic mass is 19.1. The van der Waals surface area contributed by atoms with Gasteiger partial charge in [0.25, 0.3) is 0 Å². The van der Waals surface area contributed by atoms with Crippen molar-refractivity contribution in [2.75, 3.05) is 18.4 Å². The molecule has 0 aliphatic carbocycles. The van der Waals surface area contributed by atoms with Gasteiger partial charge in [-0.2, -0.15) is 0 Å². The van der Waals surface area contributed by atoms with Crippen LogP contribution < -0.4 is 11.1 Å². The maximum absolute atomic E-state index is 13.4. The van der Waals surface area contributed by atoms with Crippen LogP contribution in [-0.4, -0.2) is 35.8 Å². The zero-order valence-electron chi connectivity index (χ0n) is 10.4. The fraction of sp³-hybridized carbons (Fsp3) is 0.385. The highest BCUT2D eigenvalue weighted by molar-refractivity contribution is 5.93. The third-order valence-corrected chi connectivity index (χ3v) is 3.19. The van der Waals surface area contributed by atoms with Gasteiger partial charge in [0.2, 0.25) is 11.8 Å². The SMILES string of the molecule is NC(=O)C1CCCN1CC(=O)Nc1ccccc1F. The van der Waals surface area contributed by atoms with Crippen LogP contribution in [0.2, 0.25) is 0 Å². The van der Waals surface area contributed by atoms with Gasteiger partial charge in [0.1, 0.15) is 5.82 Å². The number of nitrogens with two attached hydrogens (primary N) is 1. The molecule has 1 atom stereocenters. The van der Waals surface area contributed by atoms with Crippen LogP contribution in [0.4, 0.5) is 10.1 Å². The number of hydrogen-bond acceptors (Lipinski definition) is 3. The standard InChI is InChI=1S/C13H16FN3O2/c14-9-4-1-2-5-10(9)16-12(18)8-17-7-3-6-11(17)13(15)19/h1-2,4-5,11H,3,6-8H2,(H2,15,19)(H,16,18). The van der Waals surface area contributed by atoms with E-state index in [1.165, 1.54) is 12.1 Å². The normalized spacial score (nSPS) is 19.3. The summed E-state index contributed by atoms with van der Waals surface area (Å²) < 4.78 is 13.4. The minimum atomic E-state index is -0.483. The third-order valence-electron chi connectivity index (χ3n) is 3.19. The monoisotopic (exact) mass is 265 g/mol. The molecule has 2 amide bonds. The van der Waals surface area contributed by atoms with Crippen LogP contribution in [0.5, 0.6) is 0 Å². The first-order valence-corrected chi connectivity index (χ1v) is 6.15. The summed E-state index contributed by atoms with van der Waals surface area (Å²) in [6.07, 6.45) is 1.50. The molecule has 0 spiro atoms. The van der Waals surface area contributed by atoms with Crippen molar-refractivity contribution in [3.05, 3.63) is 30.1 Å². The number of nitrogens with zero attached hydrogens (tertiary/aromatic N) is 1. The van der Waals surface area contributed by atoms with Crippen LogP contribution in [0.3, 0.4) is 0 Å². The number of nitrogens with one attached hydrogen (secondary N) is 1. The Balaban J connectivity index is 1.95. The average Bonchev–Trinajstić information content (AvgIpc) is 2.80. The molecular weight excluding hydrogens is 249 g/mol. The van der Waals surface area contributed by atoms with Gasteiger partial charge in [0.05, 0.1) is 18.3 Å². The molecule has 1 heterocycles. The lowest BCUT2D eigenvalue weighted by molar-refractivity contribution is -0.123. The highest BCUT2D eigenvalue weighted by Gasteiger charge is 2.30. The topological polar surface area (TPSA) is 75.4 Å². The molecule has 1 aromatic rings. The van der Waals surface area contributed by atoms with Crippen LogP contribution >= 0.6 is 0 Å². The summed E-state index contributed by atoms with van der Waals surface area (Å²) in [6, 6.07) is 5.56. The Labute approximate surface area is 110 Å². The van der Waals surface area contributed by atoms with Gasteiger partial charge < -0.3 is 11.1 Å². The molecule has 19 heavy (non-hydrogen) atoms. The molecule has 5 nitrogen and oxygen atoms in total. The lowest BCUT2D eigenvalue weighted by atomic mass is 10.2. The molecule has 6 heteroatoms. The van der Waals surface area contributed by atoms with Crippen LogP contribution in [0.25, 0.3) is 0 Å². The van der Waals surface area contributed by atoms with Gasteiger partial charge in [-0.3, -0.25) is 14.5 Å². The Bertz CT molecular complexity index is 493. The zero-order valence-corrected chi connectivity index (χ0v) is 10.4. The summed E-state index contributed by atoms with van der Waals surface area (Å²) in [4.78, 5) is 24.7. The maximum atomic E-state index is 13.4. The zero-order chi connectivity index (χ0) is 13.8. The van der Waals surface area contributed by atoms with E-state index < -0.39 is 17.8 Å². The lowest BCUT2D eigenvalue weighted by Crippen LogP contribution is -2.43. The third kappa shape index (κ3) is 3.29. The number of rotatable bonds is 4. The molecule has 1 aromatic carbocycles. The van der Waals surface area contributed by atoms with Crippen LogP contribution in [-0.2, 0) is 9.59 Å². The van der Waals surface area contributed by atoms with Crippen LogP contribution in [0.1, 0.15) is 12.8 Å². The van der Waals surface area contributed by atoms with E-state index in [4.69, 9.17) is 5.73 Å². The molecule has 102 valence electrons. The number of carbonyl (C=O) groups excluding carboxylic acids is 2. The molecule has 0 saturated carbocycles. The maximum Gasteiger partial charge on any atom is 0.238 e. The number of benzene rings is 1. The van der Waals surface area contributed by atoms with Gasteiger partial charge in [0.15, 0.2) is 0 Å². The second-order valence-corrected chi connectivity index (χ2v) is 4.56. The van der Waals surface area contributed by atoms with Crippen LogP contribution in [0.15, 0.2) is 24.3 Å². The predicted molar refractivity (Wildman–Crippen MR) is 68.8 cm³/mol. The van der Waals surface area contributed by atoms with E-state index in [0.29, 0.717) is 13.0 Å². The summed E-state index contributed by atoms with van der Waals surface area (Å²) in [6.45, 7) is 0.695. The fourth-order valence-corrected chi connectivity index (χ4v) is 2.27. The predicted octanol–water partition coefficient (Wildman–Crippen LogP) is 0.714. The highest BCUT2D eigenvalue weighted by Crippen LogP contribution is 2.17. The molecular formula is C13H16FN3O2. The number of likely N-dealkylation sites (tertiary alicyclic amines) is 1. The van der Waals surface area contributed by atoms with Crippen molar-refractivity contribution in [2.24, 2.45) is 5.73 Å².